The number of alkyl halides is 3. The minimum absolute atomic E-state index is 0.108. The normalized spacial score (nSPS) is 11.3. The lowest BCUT2D eigenvalue weighted by atomic mass is 10.1. The van der Waals surface area contributed by atoms with E-state index in [4.69, 9.17) is 0 Å². The van der Waals surface area contributed by atoms with Gasteiger partial charge in [-0.15, -0.1) is 0 Å². The summed E-state index contributed by atoms with van der Waals surface area (Å²) in [6.45, 7) is 1.65. The molecule has 0 saturated carbocycles. The standard InChI is InChI=1S/C14H12F3N/c1-10-6-5-9-12(14(15,16)17)13(10)18-11-7-3-2-4-8-11/h2-9,18H,1H3. The van der Waals surface area contributed by atoms with Gasteiger partial charge in [0, 0.05) is 5.69 Å². The molecule has 0 amide bonds. The number of hydrogen-bond acceptors (Lipinski definition) is 1. The van der Waals surface area contributed by atoms with Crippen LogP contribution in [0, 0.1) is 6.92 Å². The van der Waals surface area contributed by atoms with Crippen LogP contribution >= 0.6 is 0 Å². The minimum Gasteiger partial charge on any atom is -0.355 e. The molecule has 0 unspecified atom stereocenters. The Morgan fingerprint density at radius 2 is 1.56 bits per heavy atom. The highest BCUT2D eigenvalue weighted by atomic mass is 19.4. The average molecular weight is 251 g/mol. The molecule has 4 heteroatoms. The van der Waals surface area contributed by atoms with Crippen LogP contribution in [-0.4, -0.2) is 0 Å². The Labute approximate surface area is 103 Å². The summed E-state index contributed by atoms with van der Waals surface area (Å²) in [6, 6.07) is 13.0. The van der Waals surface area contributed by atoms with Crippen molar-refractivity contribution in [3.8, 4) is 0 Å². The van der Waals surface area contributed by atoms with Crippen LogP contribution in [0.5, 0.6) is 0 Å². The molecule has 2 aromatic carbocycles. The van der Waals surface area contributed by atoms with Gasteiger partial charge in [-0.1, -0.05) is 30.3 Å². The van der Waals surface area contributed by atoms with E-state index in [1.165, 1.54) is 6.07 Å². The van der Waals surface area contributed by atoms with Crippen molar-refractivity contribution in [2.24, 2.45) is 0 Å². The number of rotatable bonds is 2. The third kappa shape index (κ3) is 2.64. The predicted octanol–water partition coefficient (Wildman–Crippen LogP) is 4.76. The molecule has 0 heterocycles. The van der Waals surface area contributed by atoms with E-state index >= 15 is 0 Å². The Morgan fingerprint density at radius 1 is 0.889 bits per heavy atom. The molecule has 0 aromatic heterocycles. The molecule has 0 bridgehead atoms. The third-order valence-corrected chi connectivity index (χ3v) is 2.62. The fourth-order valence-electron chi connectivity index (χ4n) is 1.74. The Bertz CT molecular complexity index is 532. The number of para-hydroxylation sites is 2. The van der Waals surface area contributed by atoms with Gasteiger partial charge in [-0.25, -0.2) is 0 Å². The SMILES string of the molecule is Cc1cccc(C(F)(F)F)c1Nc1ccccc1. The van der Waals surface area contributed by atoms with E-state index in [1.807, 2.05) is 6.07 Å². The summed E-state index contributed by atoms with van der Waals surface area (Å²) in [5, 5.41) is 2.83. The molecule has 0 aliphatic heterocycles. The predicted molar refractivity (Wildman–Crippen MR) is 65.9 cm³/mol. The van der Waals surface area contributed by atoms with Gasteiger partial charge in [0.25, 0.3) is 0 Å². The molecule has 0 aliphatic rings. The molecule has 18 heavy (non-hydrogen) atoms. The second-order valence-electron chi connectivity index (χ2n) is 3.99. The van der Waals surface area contributed by atoms with Gasteiger partial charge in [0.05, 0.1) is 11.3 Å². The van der Waals surface area contributed by atoms with Crippen molar-refractivity contribution in [2.75, 3.05) is 5.32 Å². The van der Waals surface area contributed by atoms with E-state index < -0.39 is 11.7 Å². The molecule has 1 N–H and O–H groups in total. The van der Waals surface area contributed by atoms with Crippen LogP contribution in [-0.2, 0) is 6.18 Å². The zero-order valence-electron chi connectivity index (χ0n) is 9.75. The number of aryl methyl sites for hydroxylation is 1. The summed E-state index contributed by atoms with van der Waals surface area (Å²) in [5.74, 6) is 0. The van der Waals surface area contributed by atoms with E-state index in [1.54, 1.807) is 37.3 Å². The van der Waals surface area contributed by atoms with Crippen LogP contribution < -0.4 is 5.32 Å². The van der Waals surface area contributed by atoms with E-state index in [0.717, 1.165) is 6.07 Å². The van der Waals surface area contributed by atoms with Crippen molar-refractivity contribution >= 4 is 11.4 Å². The molecule has 0 radical (unpaired) electrons. The van der Waals surface area contributed by atoms with Crippen LogP contribution in [0.3, 0.4) is 0 Å². The van der Waals surface area contributed by atoms with E-state index in [9.17, 15) is 13.2 Å². The summed E-state index contributed by atoms with van der Waals surface area (Å²) in [5.41, 5.74) is 0.661. The van der Waals surface area contributed by atoms with Crippen molar-refractivity contribution in [3.05, 3.63) is 59.7 Å². The maximum atomic E-state index is 12.9. The first-order valence-electron chi connectivity index (χ1n) is 5.47. The van der Waals surface area contributed by atoms with Crippen LogP contribution in [0.2, 0.25) is 0 Å². The number of hydrogen-bond donors (Lipinski definition) is 1. The van der Waals surface area contributed by atoms with Crippen molar-refractivity contribution in [1.82, 2.24) is 0 Å². The maximum Gasteiger partial charge on any atom is 0.418 e. The molecular weight excluding hydrogens is 239 g/mol. The zero-order chi connectivity index (χ0) is 13.2. The van der Waals surface area contributed by atoms with Gasteiger partial charge in [0.2, 0.25) is 0 Å². The van der Waals surface area contributed by atoms with Gasteiger partial charge in [-0.2, -0.15) is 13.2 Å². The van der Waals surface area contributed by atoms with Crippen LogP contribution in [0.15, 0.2) is 48.5 Å². The molecule has 0 atom stereocenters. The summed E-state index contributed by atoms with van der Waals surface area (Å²) in [7, 11) is 0. The monoisotopic (exact) mass is 251 g/mol. The quantitative estimate of drug-likeness (QED) is 0.811. The molecular formula is C14H12F3N. The maximum absolute atomic E-state index is 12.9. The van der Waals surface area contributed by atoms with E-state index in [-0.39, 0.29) is 5.69 Å². The highest BCUT2D eigenvalue weighted by Crippen LogP contribution is 2.37. The lowest BCUT2D eigenvalue weighted by molar-refractivity contribution is -0.136. The van der Waals surface area contributed by atoms with Crippen molar-refractivity contribution < 1.29 is 13.2 Å². The number of halogens is 3. The average Bonchev–Trinajstić information content (AvgIpc) is 2.32. The summed E-state index contributed by atoms with van der Waals surface area (Å²) >= 11 is 0. The molecule has 0 aliphatic carbocycles. The smallest absolute Gasteiger partial charge is 0.355 e. The summed E-state index contributed by atoms with van der Waals surface area (Å²) < 4.78 is 38.7. The van der Waals surface area contributed by atoms with Crippen LogP contribution in [0.25, 0.3) is 0 Å². The first-order chi connectivity index (χ1) is 8.48. The van der Waals surface area contributed by atoms with Gasteiger partial charge in [-0.05, 0) is 30.7 Å². The molecule has 0 fully saturated rings. The molecule has 0 saturated heterocycles. The van der Waals surface area contributed by atoms with Gasteiger partial charge >= 0.3 is 6.18 Å². The Balaban J connectivity index is 2.44. The third-order valence-electron chi connectivity index (χ3n) is 2.62. The molecule has 2 rings (SSSR count). The van der Waals surface area contributed by atoms with E-state index in [0.29, 0.717) is 11.3 Å². The number of benzene rings is 2. The second-order valence-corrected chi connectivity index (χ2v) is 3.99. The second kappa shape index (κ2) is 4.72. The Hall–Kier alpha value is -1.97. The Morgan fingerprint density at radius 3 is 2.17 bits per heavy atom. The van der Waals surface area contributed by atoms with Gasteiger partial charge in [0.15, 0.2) is 0 Å². The first-order valence-corrected chi connectivity index (χ1v) is 5.47. The van der Waals surface area contributed by atoms with Crippen molar-refractivity contribution in [3.63, 3.8) is 0 Å². The first kappa shape index (κ1) is 12.5. The van der Waals surface area contributed by atoms with Crippen LogP contribution in [0.4, 0.5) is 24.5 Å². The highest BCUT2D eigenvalue weighted by molar-refractivity contribution is 5.67. The molecule has 0 spiro atoms. The summed E-state index contributed by atoms with van der Waals surface area (Å²) in [6.07, 6.45) is -4.36. The lowest BCUT2D eigenvalue weighted by Crippen LogP contribution is -2.09. The molecule has 1 nitrogen and oxygen atoms in total. The van der Waals surface area contributed by atoms with E-state index in [2.05, 4.69) is 5.32 Å². The topological polar surface area (TPSA) is 12.0 Å². The Kier molecular flexibility index (Phi) is 3.28. The van der Waals surface area contributed by atoms with Crippen molar-refractivity contribution in [2.45, 2.75) is 13.1 Å². The zero-order valence-corrected chi connectivity index (χ0v) is 9.75. The largest absolute Gasteiger partial charge is 0.418 e. The molecule has 94 valence electrons. The van der Waals surface area contributed by atoms with Gasteiger partial charge in [-0.3, -0.25) is 0 Å². The minimum atomic E-state index is -4.36. The molecule has 2 aromatic rings. The lowest BCUT2D eigenvalue weighted by Gasteiger charge is -2.16. The summed E-state index contributed by atoms with van der Waals surface area (Å²) in [4.78, 5) is 0. The van der Waals surface area contributed by atoms with Gasteiger partial charge in [0.1, 0.15) is 0 Å². The fourth-order valence-corrected chi connectivity index (χ4v) is 1.74. The fraction of sp³-hybridized carbons (Fsp3) is 0.143. The highest BCUT2D eigenvalue weighted by Gasteiger charge is 2.33. The van der Waals surface area contributed by atoms with Crippen LogP contribution in [0.1, 0.15) is 11.1 Å². The van der Waals surface area contributed by atoms with Gasteiger partial charge < -0.3 is 5.32 Å². The number of nitrogens with one attached hydrogen (secondary N) is 1. The number of anilines is 2. The van der Waals surface area contributed by atoms with Crippen molar-refractivity contribution in [1.29, 1.82) is 0 Å².